The van der Waals surface area contributed by atoms with Gasteiger partial charge in [0.25, 0.3) is 0 Å². The summed E-state index contributed by atoms with van der Waals surface area (Å²) in [5.74, 6) is 0.786. The highest BCUT2D eigenvalue weighted by molar-refractivity contribution is 7.91. The Hall–Kier alpha value is -1.35. The van der Waals surface area contributed by atoms with Gasteiger partial charge in [0, 0.05) is 30.0 Å². The lowest BCUT2D eigenvalue weighted by molar-refractivity contribution is 0.450. The molecule has 2 aromatic heterocycles. The average molecular weight is 338 g/mol. The largest absolute Gasteiger partial charge is 0.306 e. The lowest BCUT2D eigenvalue weighted by atomic mass is 9.92. The van der Waals surface area contributed by atoms with E-state index in [1.807, 2.05) is 13.1 Å². The van der Waals surface area contributed by atoms with Crippen LogP contribution in [0.2, 0.25) is 0 Å². The minimum Gasteiger partial charge on any atom is -0.306 e. The zero-order valence-corrected chi connectivity index (χ0v) is 13.9. The Morgan fingerprint density at radius 1 is 1.50 bits per heavy atom. The van der Waals surface area contributed by atoms with E-state index in [1.165, 1.54) is 0 Å². The first-order valence-corrected chi connectivity index (χ1v) is 9.52. The van der Waals surface area contributed by atoms with E-state index in [0.717, 1.165) is 47.7 Å². The molecule has 1 aliphatic rings. The molecule has 6 nitrogen and oxygen atoms in total. The Kier molecular flexibility index (Phi) is 4.26. The maximum absolute atomic E-state index is 11.5. The van der Waals surface area contributed by atoms with Crippen LogP contribution in [0.25, 0.3) is 0 Å². The maximum atomic E-state index is 11.5. The molecule has 2 aromatic rings. The number of aromatic nitrogens is 2. The molecular formula is C14H18N4O2S2. The molecule has 3 rings (SSSR count). The first kappa shape index (κ1) is 15.5. The van der Waals surface area contributed by atoms with Crippen LogP contribution in [0.15, 0.2) is 21.9 Å². The van der Waals surface area contributed by atoms with Gasteiger partial charge in [0.2, 0.25) is 10.0 Å². The van der Waals surface area contributed by atoms with Crippen LogP contribution < -0.4 is 10.5 Å². The van der Waals surface area contributed by atoms with Crippen LogP contribution in [0.5, 0.6) is 0 Å². The Morgan fingerprint density at radius 2 is 2.32 bits per heavy atom. The molecule has 0 aliphatic heterocycles. The Bertz CT molecular complexity index is 786. The van der Waals surface area contributed by atoms with Crippen molar-refractivity contribution in [3.05, 3.63) is 40.3 Å². The van der Waals surface area contributed by atoms with Crippen LogP contribution in [0.3, 0.4) is 0 Å². The Morgan fingerprint density at radius 3 is 3.09 bits per heavy atom. The van der Waals surface area contributed by atoms with Gasteiger partial charge in [-0.15, -0.1) is 11.3 Å². The molecule has 0 fully saturated rings. The first-order chi connectivity index (χ1) is 10.4. The van der Waals surface area contributed by atoms with Gasteiger partial charge in [0.05, 0.1) is 0 Å². The van der Waals surface area contributed by atoms with E-state index in [0.29, 0.717) is 12.1 Å². The second-order valence-electron chi connectivity index (χ2n) is 5.42. The van der Waals surface area contributed by atoms with Crippen molar-refractivity contribution in [2.45, 2.75) is 43.0 Å². The number of nitrogens with two attached hydrogens (primary N) is 1. The van der Waals surface area contributed by atoms with E-state index in [4.69, 9.17) is 5.14 Å². The van der Waals surface area contributed by atoms with E-state index < -0.39 is 10.0 Å². The van der Waals surface area contributed by atoms with Gasteiger partial charge < -0.3 is 5.32 Å². The van der Waals surface area contributed by atoms with Crippen LogP contribution in [-0.4, -0.2) is 18.4 Å². The normalized spacial score (nSPS) is 18.2. The maximum Gasteiger partial charge on any atom is 0.247 e. The average Bonchev–Trinajstić information content (AvgIpc) is 2.93. The number of rotatable bonds is 4. The summed E-state index contributed by atoms with van der Waals surface area (Å²) in [6.07, 6.45) is 4.90. The highest BCUT2D eigenvalue weighted by atomic mass is 32.2. The number of hydrogen-bond donors (Lipinski definition) is 2. The van der Waals surface area contributed by atoms with Crippen molar-refractivity contribution in [1.82, 2.24) is 15.3 Å². The van der Waals surface area contributed by atoms with E-state index in [9.17, 15) is 8.42 Å². The van der Waals surface area contributed by atoms with Crippen LogP contribution in [0.4, 0.5) is 0 Å². The summed E-state index contributed by atoms with van der Waals surface area (Å²) in [5, 5.41) is 10.4. The minimum atomic E-state index is -3.66. The molecule has 3 N–H and O–H groups in total. The van der Waals surface area contributed by atoms with E-state index >= 15 is 0 Å². The van der Waals surface area contributed by atoms with Crippen molar-refractivity contribution >= 4 is 21.4 Å². The van der Waals surface area contributed by atoms with Crippen molar-refractivity contribution < 1.29 is 8.42 Å². The number of hydrogen-bond acceptors (Lipinski definition) is 6. The van der Waals surface area contributed by atoms with Crippen molar-refractivity contribution in [2.24, 2.45) is 5.14 Å². The summed E-state index contributed by atoms with van der Waals surface area (Å²) in [6.45, 7) is 2.36. The Balaban J connectivity index is 1.78. The molecule has 0 bridgehead atoms. The summed E-state index contributed by atoms with van der Waals surface area (Å²) in [6, 6.07) is 1.95. The van der Waals surface area contributed by atoms with Crippen molar-refractivity contribution in [3.63, 3.8) is 0 Å². The fourth-order valence-corrected chi connectivity index (χ4v) is 4.65. The first-order valence-electron chi connectivity index (χ1n) is 7.10. The molecule has 118 valence electrons. The van der Waals surface area contributed by atoms with Gasteiger partial charge in [0.15, 0.2) is 0 Å². The molecule has 2 heterocycles. The molecule has 0 radical (unpaired) electrons. The molecule has 22 heavy (non-hydrogen) atoms. The highest BCUT2D eigenvalue weighted by Crippen LogP contribution is 2.29. The van der Waals surface area contributed by atoms with Gasteiger partial charge in [0.1, 0.15) is 10.0 Å². The molecule has 1 aliphatic carbocycles. The third kappa shape index (κ3) is 3.19. The SMILES string of the molecule is Cc1ncc2c(n1)CCCC2NCc1ccsc1S(N)(=O)=O. The number of sulfonamides is 1. The Labute approximate surface area is 133 Å². The predicted octanol–water partition coefficient (Wildman–Crippen LogP) is 1.66. The van der Waals surface area contributed by atoms with E-state index in [2.05, 4.69) is 15.3 Å². The lowest BCUT2D eigenvalue weighted by Gasteiger charge is -2.25. The van der Waals surface area contributed by atoms with Crippen LogP contribution >= 0.6 is 11.3 Å². The second-order valence-corrected chi connectivity index (χ2v) is 8.10. The molecule has 1 unspecified atom stereocenters. The van der Waals surface area contributed by atoms with Gasteiger partial charge in [-0.2, -0.15) is 0 Å². The van der Waals surface area contributed by atoms with Crippen molar-refractivity contribution in [1.29, 1.82) is 0 Å². The zero-order chi connectivity index (χ0) is 15.7. The zero-order valence-electron chi connectivity index (χ0n) is 12.2. The molecule has 0 saturated carbocycles. The van der Waals surface area contributed by atoms with E-state index in [-0.39, 0.29) is 10.3 Å². The number of aryl methyl sites for hydroxylation is 2. The molecular weight excluding hydrogens is 320 g/mol. The molecule has 0 amide bonds. The topological polar surface area (TPSA) is 98.0 Å². The molecule has 0 saturated heterocycles. The molecule has 1 atom stereocenters. The lowest BCUT2D eigenvalue weighted by Crippen LogP contribution is -2.26. The van der Waals surface area contributed by atoms with Crippen LogP contribution in [0, 0.1) is 6.92 Å². The number of nitrogens with zero attached hydrogens (tertiary/aromatic N) is 2. The monoisotopic (exact) mass is 338 g/mol. The molecule has 0 aromatic carbocycles. The standard InChI is InChI=1S/C14H18N4O2S2/c1-9-16-8-11-12(3-2-4-13(11)18-9)17-7-10-5-6-21-14(10)22(15,19)20/h5-6,8,12,17H,2-4,7H2,1H3,(H2,15,19,20). The minimum absolute atomic E-state index is 0.151. The second kappa shape index (κ2) is 6.04. The fraction of sp³-hybridized carbons (Fsp3) is 0.429. The third-order valence-electron chi connectivity index (χ3n) is 3.81. The summed E-state index contributed by atoms with van der Waals surface area (Å²) in [7, 11) is -3.66. The van der Waals surface area contributed by atoms with Gasteiger partial charge in [-0.1, -0.05) is 0 Å². The fourth-order valence-electron chi connectivity index (χ4n) is 2.79. The smallest absolute Gasteiger partial charge is 0.247 e. The predicted molar refractivity (Wildman–Crippen MR) is 85.0 cm³/mol. The number of primary sulfonamides is 1. The number of thiophene rings is 1. The van der Waals surface area contributed by atoms with Gasteiger partial charge in [-0.05, 0) is 43.2 Å². The summed E-state index contributed by atoms with van der Waals surface area (Å²) < 4.78 is 23.3. The van der Waals surface area contributed by atoms with Crippen molar-refractivity contribution in [2.75, 3.05) is 0 Å². The quantitative estimate of drug-likeness (QED) is 0.883. The van der Waals surface area contributed by atoms with Gasteiger partial charge >= 0.3 is 0 Å². The number of nitrogens with one attached hydrogen (secondary N) is 1. The number of fused-ring (bicyclic) bond motifs is 1. The van der Waals surface area contributed by atoms with E-state index in [1.54, 1.807) is 11.4 Å². The molecule has 8 heteroatoms. The molecule has 0 spiro atoms. The summed E-state index contributed by atoms with van der Waals surface area (Å²) in [5.41, 5.74) is 2.92. The van der Waals surface area contributed by atoms with Crippen LogP contribution in [0.1, 0.15) is 41.5 Å². The van der Waals surface area contributed by atoms with Gasteiger partial charge in [-0.25, -0.2) is 23.5 Å². The van der Waals surface area contributed by atoms with Gasteiger partial charge in [-0.3, -0.25) is 0 Å². The van der Waals surface area contributed by atoms with Crippen molar-refractivity contribution in [3.8, 4) is 0 Å². The highest BCUT2D eigenvalue weighted by Gasteiger charge is 2.23. The van der Waals surface area contributed by atoms with Crippen LogP contribution in [-0.2, 0) is 23.0 Å². The summed E-state index contributed by atoms with van der Waals surface area (Å²) in [4.78, 5) is 8.78. The summed E-state index contributed by atoms with van der Waals surface area (Å²) >= 11 is 1.15. The third-order valence-corrected chi connectivity index (χ3v) is 6.32.